The summed E-state index contributed by atoms with van der Waals surface area (Å²) in [6, 6.07) is 5.73. The number of benzene rings is 1. The third-order valence-electron chi connectivity index (χ3n) is 4.72. The number of hydrogen-bond acceptors (Lipinski definition) is 4. The van der Waals surface area contributed by atoms with Crippen molar-refractivity contribution in [2.45, 2.75) is 44.8 Å². The first-order valence-corrected chi connectivity index (χ1v) is 8.57. The number of hydrogen-bond donors (Lipinski definition) is 0. The van der Waals surface area contributed by atoms with E-state index in [1.165, 1.54) is 12.1 Å². The summed E-state index contributed by atoms with van der Waals surface area (Å²) in [6.45, 7) is 5.04. The zero-order valence-corrected chi connectivity index (χ0v) is 14.7. The molecule has 0 N–H and O–H groups in total. The van der Waals surface area contributed by atoms with Crippen molar-refractivity contribution in [3.8, 4) is 6.07 Å². The van der Waals surface area contributed by atoms with Crippen molar-refractivity contribution >= 4 is 5.69 Å². The molecule has 138 valence electrons. The summed E-state index contributed by atoms with van der Waals surface area (Å²) in [6.07, 6.45) is -1.21. The second kappa shape index (κ2) is 6.98. The predicted octanol–water partition coefficient (Wildman–Crippen LogP) is 4.13. The Hall–Kier alpha value is -2.56. The molecule has 0 radical (unpaired) electrons. The SMILES string of the molecule is CC(C)n1cnnc1C1CCCN(c2ccc(C#N)cc2C(F)(F)F)C1. The largest absolute Gasteiger partial charge is 0.418 e. The molecule has 0 bridgehead atoms. The highest BCUT2D eigenvalue weighted by atomic mass is 19.4. The Labute approximate surface area is 150 Å². The maximum absolute atomic E-state index is 13.5. The Bertz CT molecular complexity index is 819. The van der Waals surface area contributed by atoms with E-state index in [1.807, 2.05) is 18.4 Å². The molecule has 2 heterocycles. The van der Waals surface area contributed by atoms with E-state index in [0.717, 1.165) is 24.7 Å². The van der Waals surface area contributed by atoms with Crippen LogP contribution in [0, 0.1) is 11.3 Å². The average Bonchev–Trinajstić information content (AvgIpc) is 3.10. The van der Waals surface area contributed by atoms with Crippen molar-refractivity contribution in [1.29, 1.82) is 5.26 Å². The topological polar surface area (TPSA) is 57.7 Å². The molecule has 1 aliphatic rings. The smallest absolute Gasteiger partial charge is 0.370 e. The van der Waals surface area contributed by atoms with E-state index in [4.69, 9.17) is 5.26 Å². The minimum Gasteiger partial charge on any atom is -0.370 e. The molecule has 5 nitrogen and oxygen atoms in total. The lowest BCUT2D eigenvalue weighted by atomic mass is 9.95. The number of alkyl halides is 3. The summed E-state index contributed by atoms with van der Waals surface area (Å²) in [5.74, 6) is 0.831. The molecule has 1 aromatic carbocycles. The normalized spacial score (nSPS) is 18.2. The number of aromatic nitrogens is 3. The highest BCUT2D eigenvalue weighted by Crippen LogP contribution is 2.39. The summed E-state index contributed by atoms with van der Waals surface area (Å²) in [4.78, 5) is 1.75. The van der Waals surface area contributed by atoms with E-state index in [0.29, 0.717) is 13.1 Å². The lowest BCUT2D eigenvalue weighted by Crippen LogP contribution is -2.36. The summed E-state index contributed by atoms with van der Waals surface area (Å²) >= 11 is 0. The van der Waals surface area contributed by atoms with Crippen LogP contribution in [-0.2, 0) is 6.18 Å². The van der Waals surface area contributed by atoms with Crippen molar-refractivity contribution in [2.24, 2.45) is 0 Å². The Balaban J connectivity index is 1.93. The van der Waals surface area contributed by atoms with Gasteiger partial charge in [-0.3, -0.25) is 0 Å². The molecule has 1 aliphatic heterocycles. The summed E-state index contributed by atoms with van der Waals surface area (Å²) < 4.78 is 42.5. The van der Waals surface area contributed by atoms with Gasteiger partial charge in [-0.15, -0.1) is 10.2 Å². The van der Waals surface area contributed by atoms with E-state index in [2.05, 4.69) is 10.2 Å². The lowest BCUT2D eigenvalue weighted by Gasteiger charge is -2.35. The van der Waals surface area contributed by atoms with Crippen molar-refractivity contribution in [2.75, 3.05) is 18.0 Å². The molecule has 26 heavy (non-hydrogen) atoms. The van der Waals surface area contributed by atoms with Crippen molar-refractivity contribution in [3.05, 3.63) is 41.5 Å². The van der Waals surface area contributed by atoms with Crippen LogP contribution in [0.25, 0.3) is 0 Å². The van der Waals surface area contributed by atoms with Gasteiger partial charge < -0.3 is 9.47 Å². The van der Waals surface area contributed by atoms with Crippen LogP contribution in [0.15, 0.2) is 24.5 Å². The molecule has 0 saturated carbocycles. The van der Waals surface area contributed by atoms with Crippen molar-refractivity contribution < 1.29 is 13.2 Å². The molecule has 2 aromatic rings. The van der Waals surface area contributed by atoms with Crippen LogP contribution < -0.4 is 4.90 Å². The molecule has 1 aromatic heterocycles. The average molecular weight is 363 g/mol. The first-order chi connectivity index (χ1) is 12.3. The second-order valence-corrected chi connectivity index (χ2v) is 6.82. The molecule has 0 aliphatic carbocycles. The second-order valence-electron chi connectivity index (χ2n) is 6.82. The third kappa shape index (κ3) is 3.52. The Morgan fingerprint density at radius 3 is 2.73 bits per heavy atom. The van der Waals surface area contributed by atoms with Crippen LogP contribution in [-0.4, -0.2) is 27.9 Å². The first-order valence-electron chi connectivity index (χ1n) is 8.57. The quantitative estimate of drug-likeness (QED) is 0.823. The standard InChI is InChI=1S/C18H20F3N5/c1-12(2)26-11-23-24-17(26)14-4-3-7-25(10-14)16-6-5-13(9-22)8-15(16)18(19,20)21/h5-6,8,11-12,14H,3-4,7,10H2,1-2H3. The first kappa shape index (κ1) is 18.2. The molecule has 8 heteroatoms. The van der Waals surface area contributed by atoms with E-state index in [9.17, 15) is 13.2 Å². The van der Waals surface area contributed by atoms with E-state index < -0.39 is 11.7 Å². The van der Waals surface area contributed by atoms with E-state index in [1.54, 1.807) is 17.3 Å². The highest BCUT2D eigenvalue weighted by molar-refractivity contribution is 5.58. The number of halogens is 3. The Morgan fingerprint density at radius 2 is 2.08 bits per heavy atom. The fourth-order valence-corrected chi connectivity index (χ4v) is 3.46. The Kier molecular flexibility index (Phi) is 4.90. The molecule has 1 unspecified atom stereocenters. The van der Waals surface area contributed by atoms with Gasteiger partial charge in [0, 0.05) is 30.7 Å². The fourth-order valence-electron chi connectivity index (χ4n) is 3.46. The summed E-state index contributed by atoms with van der Waals surface area (Å²) in [5, 5.41) is 17.1. The van der Waals surface area contributed by atoms with Crippen LogP contribution in [0.5, 0.6) is 0 Å². The molecule has 3 rings (SSSR count). The van der Waals surface area contributed by atoms with Gasteiger partial charge in [-0.1, -0.05) is 0 Å². The van der Waals surface area contributed by atoms with Crippen LogP contribution in [0.4, 0.5) is 18.9 Å². The van der Waals surface area contributed by atoms with Gasteiger partial charge >= 0.3 is 6.18 Å². The molecular formula is C18H20F3N5. The summed E-state index contributed by atoms with van der Waals surface area (Å²) in [7, 11) is 0. The summed E-state index contributed by atoms with van der Waals surface area (Å²) in [5.41, 5.74) is -0.631. The predicted molar refractivity (Wildman–Crippen MR) is 90.8 cm³/mol. The van der Waals surface area contributed by atoms with Crippen molar-refractivity contribution in [1.82, 2.24) is 14.8 Å². The lowest BCUT2D eigenvalue weighted by molar-refractivity contribution is -0.137. The fraction of sp³-hybridized carbons (Fsp3) is 0.500. The molecule has 1 fully saturated rings. The molecule has 1 saturated heterocycles. The highest BCUT2D eigenvalue weighted by Gasteiger charge is 2.36. The number of anilines is 1. The van der Waals surface area contributed by atoms with Crippen LogP contribution in [0.1, 0.15) is 55.6 Å². The minimum absolute atomic E-state index is 0.00850. The third-order valence-corrected chi connectivity index (χ3v) is 4.72. The van der Waals surface area contributed by atoms with Crippen LogP contribution in [0.2, 0.25) is 0 Å². The minimum atomic E-state index is -4.51. The van der Waals surface area contributed by atoms with Gasteiger partial charge in [-0.2, -0.15) is 18.4 Å². The van der Waals surface area contributed by atoms with Gasteiger partial charge in [0.15, 0.2) is 0 Å². The van der Waals surface area contributed by atoms with Crippen LogP contribution >= 0.6 is 0 Å². The zero-order chi connectivity index (χ0) is 18.9. The van der Waals surface area contributed by atoms with Gasteiger partial charge in [0.05, 0.1) is 17.2 Å². The number of nitrogens with zero attached hydrogens (tertiary/aromatic N) is 5. The van der Waals surface area contributed by atoms with Gasteiger partial charge in [0.25, 0.3) is 0 Å². The van der Waals surface area contributed by atoms with Gasteiger partial charge in [-0.25, -0.2) is 0 Å². The van der Waals surface area contributed by atoms with E-state index >= 15 is 0 Å². The van der Waals surface area contributed by atoms with Crippen molar-refractivity contribution in [3.63, 3.8) is 0 Å². The molecular weight excluding hydrogens is 343 g/mol. The number of piperidine rings is 1. The molecule has 0 amide bonds. The van der Waals surface area contributed by atoms with Crippen LogP contribution in [0.3, 0.4) is 0 Å². The maximum atomic E-state index is 13.5. The molecule has 0 spiro atoms. The van der Waals surface area contributed by atoms with E-state index in [-0.39, 0.29) is 23.2 Å². The number of rotatable bonds is 3. The zero-order valence-electron chi connectivity index (χ0n) is 14.7. The monoisotopic (exact) mass is 363 g/mol. The molecule has 1 atom stereocenters. The van der Waals surface area contributed by atoms with Gasteiger partial charge in [-0.05, 0) is 44.9 Å². The maximum Gasteiger partial charge on any atom is 0.418 e. The van der Waals surface area contributed by atoms with Gasteiger partial charge in [0.1, 0.15) is 12.2 Å². The Morgan fingerprint density at radius 1 is 1.31 bits per heavy atom. The number of nitriles is 1. The van der Waals surface area contributed by atoms with Gasteiger partial charge in [0.2, 0.25) is 0 Å².